The average molecular weight is 381 g/mol. The Hall–Kier alpha value is -1.83. The molecular formula is C26H33FO. The van der Waals surface area contributed by atoms with Gasteiger partial charge in [0.25, 0.3) is 0 Å². The van der Waals surface area contributed by atoms with Gasteiger partial charge in [0, 0.05) is 5.56 Å². The first-order chi connectivity index (χ1) is 13.7. The summed E-state index contributed by atoms with van der Waals surface area (Å²) in [6, 6.07) is 13.6. The highest BCUT2D eigenvalue weighted by molar-refractivity contribution is 5.65. The quantitative estimate of drug-likeness (QED) is 0.519. The van der Waals surface area contributed by atoms with Crippen LogP contribution in [-0.2, 0) is 0 Å². The van der Waals surface area contributed by atoms with Gasteiger partial charge < -0.3 is 4.74 Å². The second-order valence-electron chi connectivity index (χ2n) is 8.97. The molecule has 0 amide bonds. The second kappa shape index (κ2) is 8.68. The molecule has 0 bridgehead atoms. The van der Waals surface area contributed by atoms with E-state index in [0.717, 1.165) is 29.1 Å². The highest BCUT2D eigenvalue weighted by Gasteiger charge is 2.35. The van der Waals surface area contributed by atoms with Gasteiger partial charge in [0.15, 0.2) is 0 Å². The van der Waals surface area contributed by atoms with Gasteiger partial charge >= 0.3 is 0 Å². The smallest absolute Gasteiger partial charge is 0.131 e. The van der Waals surface area contributed by atoms with Crippen molar-refractivity contribution < 1.29 is 9.13 Å². The lowest BCUT2D eigenvalue weighted by molar-refractivity contribution is 0.114. The molecule has 0 radical (unpaired) electrons. The normalized spacial score (nSPS) is 27.2. The van der Waals surface area contributed by atoms with Gasteiger partial charge in [-0.3, -0.25) is 0 Å². The zero-order valence-corrected chi connectivity index (χ0v) is 17.3. The van der Waals surface area contributed by atoms with E-state index >= 15 is 0 Å². The maximum Gasteiger partial charge on any atom is 0.131 e. The topological polar surface area (TPSA) is 9.23 Å². The predicted molar refractivity (Wildman–Crippen MR) is 114 cm³/mol. The summed E-state index contributed by atoms with van der Waals surface area (Å²) >= 11 is 0. The van der Waals surface area contributed by atoms with Crippen LogP contribution in [0.5, 0.6) is 5.75 Å². The molecule has 0 heterocycles. The molecule has 4 rings (SSSR count). The molecule has 2 fully saturated rings. The minimum absolute atomic E-state index is 0.101. The molecule has 2 aliphatic rings. The number of methoxy groups -OCH3 is 1. The van der Waals surface area contributed by atoms with Crippen molar-refractivity contribution >= 4 is 0 Å². The molecule has 2 saturated carbocycles. The van der Waals surface area contributed by atoms with Crippen LogP contribution in [0.4, 0.5) is 4.39 Å². The molecule has 0 aromatic heterocycles. The van der Waals surface area contributed by atoms with Crippen molar-refractivity contribution in [1.29, 1.82) is 0 Å². The van der Waals surface area contributed by atoms with Crippen LogP contribution >= 0.6 is 0 Å². The van der Waals surface area contributed by atoms with Gasteiger partial charge in [0.2, 0.25) is 0 Å². The van der Waals surface area contributed by atoms with Crippen LogP contribution in [-0.4, -0.2) is 7.11 Å². The van der Waals surface area contributed by atoms with Gasteiger partial charge in [-0.25, -0.2) is 4.39 Å². The number of fused-ring (bicyclic) bond motifs is 1. The van der Waals surface area contributed by atoms with Gasteiger partial charge in [-0.2, -0.15) is 0 Å². The van der Waals surface area contributed by atoms with E-state index < -0.39 is 0 Å². The molecule has 4 atom stereocenters. The lowest BCUT2D eigenvalue weighted by Gasteiger charge is -2.42. The summed E-state index contributed by atoms with van der Waals surface area (Å²) in [5, 5.41) is 0. The van der Waals surface area contributed by atoms with Gasteiger partial charge in [-0.05, 0) is 85.1 Å². The summed E-state index contributed by atoms with van der Waals surface area (Å²) in [6.07, 6.45) is 10.8. The molecule has 0 saturated heterocycles. The van der Waals surface area contributed by atoms with Crippen LogP contribution < -0.4 is 4.74 Å². The average Bonchev–Trinajstić information content (AvgIpc) is 2.73. The monoisotopic (exact) mass is 380 g/mol. The molecule has 0 spiro atoms. The van der Waals surface area contributed by atoms with E-state index in [1.807, 2.05) is 30.3 Å². The summed E-state index contributed by atoms with van der Waals surface area (Å²) < 4.78 is 20.1. The fraction of sp³-hybridized carbons (Fsp3) is 0.538. The standard InChI is InChI=1S/C26H33FO/c1-3-4-18-5-6-21-16-22(8-7-20(21)15-18)23-11-14-25(26(27)17-23)19-9-12-24(28-2)13-10-19/h9-14,17-18,20-22H,3-8,15-16H2,1-2H3. The molecular weight excluding hydrogens is 347 g/mol. The number of benzene rings is 2. The zero-order valence-electron chi connectivity index (χ0n) is 17.3. The highest BCUT2D eigenvalue weighted by atomic mass is 19.1. The molecule has 150 valence electrons. The molecule has 2 heteroatoms. The predicted octanol–water partition coefficient (Wildman–Crippen LogP) is 7.60. The molecule has 1 nitrogen and oxygen atoms in total. The van der Waals surface area contributed by atoms with E-state index in [2.05, 4.69) is 13.0 Å². The first-order valence-electron chi connectivity index (χ1n) is 11.1. The van der Waals surface area contributed by atoms with E-state index in [1.165, 1.54) is 56.9 Å². The van der Waals surface area contributed by atoms with Gasteiger partial charge in [0.1, 0.15) is 11.6 Å². The van der Waals surface area contributed by atoms with Crippen molar-refractivity contribution in [2.75, 3.05) is 7.11 Å². The third kappa shape index (κ3) is 4.11. The Balaban J connectivity index is 1.45. The number of hydrogen-bond donors (Lipinski definition) is 0. The van der Waals surface area contributed by atoms with Crippen LogP contribution in [0.15, 0.2) is 42.5 Å². The van der Waals surface area contributed by atoms with Crippen LogP contribution in [0, 0.1) is 23.6 Å². The Morgan fingerprint density at radius 1 is 0.929 bits per heavy atom. The zero-order chi connectivity index (χ0) is 19.5. The second-order valence-corrected chi connectivity index (χ2v) is 8.97. The van der Waals surface area contributed by atoms with E-state index in [0.29, 0.717) is 11.5 Å². The van der Waals surface area contributed by atoms with Crippen molar-refractivity contribution in [1.82, 2.24) is 0 Å². The number of rotatable bonds is 5. The summed E-state index contributed by atoms with van der Waals surface area (Å²) in [4.78, 5) is 0. The van der Waals surface area contributed by atoms with E-state index in [4.69, 9.17) is 4.74 Å². The molecule has 0 N–H and O–H groups in total. The summed E-state index contributed by atoms with van der Waals surface area (Å²) in [5.41, 5.74) is 2.78. The van der Waals surface area contributed by atoms with Crippen LogP contribution in [0.25, 0.3) is 11.1 Å². The summed E-state index contributed by atoms with van der Waals surface area (Å²) in [6.45, 7) is 2.31. The van der Waals surface area contributed by atoms with Gasteiger partial charge in [0.05, 0.1) is 7.11 Å². The van der Waals surface area contributed by atoms with Crippen molar-refractivity contribution in [3.63, 3.8) is 0 Å². The van der Waals surface area contributed by atoms with Gasteiger partial charge in [-0.15, -0.1) is 0 Å². The van der Waals surface area contributed by atoms with E-state index in [1.54, 1.807) is 13.2 Å². The van der Waals surface area contributed by atoms with Crippen LogP contribution in [0.3, 0.4) is 0 Å². The van der Waals surface area contributed by atoms with Crippen molar-refractivity contribution in [3.8, 4) is 16.9 Å². The van der Waals surface area contributed by atoms with Crippen LogP contribution in [0.1, 0.15) is 69.8 Å². The van der Waals surface area contributed by atoms with Crippen LogP contribution in [0.2, 0.25) is 0 Å². The Labute approximate surface area is 169 Å². The van der Waals surface area contributed by atoms with E-state index in [-0.39, 0.29) is 5.82 Å². The Morgan fingerprint density at radius 3 is 2.39 bits per heavy atom. The number of ether oxygens (including phenoxy) is 1. The molecule has 0 aliphatic heterocycles. The third-order valence-electron chi connectivity index (χ3n) is 7.28. The highest BCUT2D eigenvalue weighted by Crippen LogP contribution is 2.48. The first-order valence-corrected chi connectivity index (χ1v) is 11.1. The van der Waals surface area contributed by atoms with Gasteiger partial charge in [-0.1, -0.05) is 50.5 Å². The molecule has 2 aliphatic carbocycles. The Bertz CT molecular complexity index is 782. The molecule has 2 aromatic carbocycles. The molecule has 28 heavy (non-hydrogen) atoms. The van der Waals surface area contributed by atoms with Crippen molar-refractivity contribution in [2.45, 2.75) is 64.2 Å². The van der Waals surface area contributed by atoms with E-state index in [9.17, 15) is 4.39 Å². The van der Waals surface area contributed by atoms with Crippen molar-refractivity contribution in [3.05, 3.63) is 53.8 Å². The lowest BCUT2D eigenvalue weighted by Crippen LogP contribution is -2.30. The third-order valence-corrected chi connectivity index (χ3v) is 7.28. The maximum atomic E-state index is 14.9. The fourth-order valence-corrected chi connectivity index (χ4v) is 5.75. The number of hydrogen-bond acceptors (Lipinski definition) is 1. The SMILES string of the molecule is CCCC1CCC2CC(c3ccc(-c4ccc(OC)cc4)c(F)c3)CCC2C1. The molecule has 4 unspecified atom stereocenters. The summed E-state index contributed by atoms with van der Waals surface area (Å²) in [5.74, 6) is 3.97. The Kier molecular flexibility index (Phi) is 6.04. The largest absolute Gasteiger partial charge is 0.497 e. The summed E-state index contributed by atoms with van der Waals surface area (Å²) in [7, 11) is 1.65. The minimum Gasteiger partial charge on any atom is -0.497 e. The fourth-order valence-electron chi connectivity index (χ4n) is 5.75. The van der Waals surface area contributed by atoms with Crippen molar-refractivity contribution in [2.24, 2.45) is 17.8 Å². The first kappa shape index (κ1) is 19.5. The lowest BCUT2D eigenvalue weighted by atomic mass is 9.63. The minimum atomic E-state index is -0.101. The molecule has 2 aromatic rings. The number of halogens is 1. The Morgan fingerprint density at radius 2 is 1.68 bits per heavy atom. The maximum absolute atomic E-state index is 14.9.